The topological polar surface area (TPSA) is 75.3 Å². The fourth-order valence-electron chi connectivity index (χ4n) is 2.15. The van der Waals surface area contributed by atoms with Gasteiger partial charge in [-0.05, 0) is 37.5 Å². The van der Waals surface area contributed by atoms with Gasteiger partial charge in [0.25, 0.3) is 0 Å². The van der Waals surface area contributed by atoms with Crippen molar-refractivity contribution in [2.24, 2.45) is 17.6 Å². The average Bonchev–Trinajstić information content (AvgIpc) is 2.29. The van der Waals surface area contributed by atoms with Crippen molar-refractivity contribution in [3.63, 3.8) is 0 Å². The summed E-state index contributed by atoms with van der Waals surface area (Å²) in [6.07, 6.45) is 3.60. The van der Waals surface area contributed by atoms with E-state index >= 15 is 0 Å². The van der Waals surface area contributed by atoms with Gasteiger partial charge in [0, 0.05) is 6.54 Å². The van der Waals surface area contributed by atoms with E-state index in [1.54, 1.807) is 0 Å². The van der Waals surface area contributed by atoms with Crippen LogP contribution in [-0.4, -0.2) is 29.2 Å². The molecule has 0 aromatic heterocycles. The van der Waals surface area contributed by atoms with E-state index in [4.69, 9.17) is 5.73 Å². The molecule has 1 rings (SSSR count). The molecule has 0 spiro atoms. The van der Waals surface area contributed by atoms with E-state index in [1.165, 1.54) is 0 Å². The molecule has 0 aromatic carbocycles. The highest BCUT2D eigenvalue weighted by molar-refractivity contribution is 5.81. The first-order valence-electron chi connectivity index (χ1n) is 6.60. The average molecular weight is 242 g/mol. The normalized spacial score (nSPS) is 31.3. The van der Waals surface area contributed by atoms with Gasteiger partial charge in [-0.15, -0.1) is 0 Å². The van der Waals surface area contributed by atoms with Crippen LogP contribution >= 0.6 is 0 Å². The Hall–Kier alpha value is -0.610. The first-order valence-corrected chi connectivity index (χ1v) is 6.60. The Balaban J connectivity index is 2.37. The molecule has 0 saturated heterocycles. The van der Waals surface area contributed by atoms with Crippen molar-refractivity contribution in [2.75, 3.05) is 6.54 Å². The van der Waals surface area contributed by atoms with Crippen LogP contribution in [0.25, 0.3) is 0 Å². The zero-order valence-corrected chi connectivity index (χ0v) is 11.2. The van der Waals surface area contributed by atoms with Crippen LogP contribution in [-0.2, 0) is 4.79 Å². The fraction of sp³-hybridized carbons (Fsp3) is 0.923. The molecular formula is C13H26N2O2. The Morgan fingerprint density at radius 2 is 2.00 bits per heavy atom. The molecule has 4 nitrogen and oxygen atoms in total. The van der Waals surface area contributed by atoms with Gasteiger partial charge in [-0.3, -0.25) is 4.79 Å². The van der Waals surface area contributed by atoms with Crippen LogP contribution in [0.1, 0.15) is 46.5 Å². The second-order valence-electron chi connectivity index (χ2n) is 5.89. The van der Waals surface area contributed by atoms with Crippen LogP contribution in [0.15, 0.2) is 0 Å². The number of nitrogens with one attached hydrogen (secondary N) is 1. The van der Waals surface area contributed by atoms with E-state index in [0.29, 0.717) is 12.5 Å². The smallest absolute Gasteiger partial charge is 0.237 e. The highest BCUT2D eigenvalue weighted by Gasteiger charge is 2.32. The van der Waals surface area contributed by atoms with Gasteiger partial charge < -0.3 is 16.2 Å². The Labute approximate surface area is 104 Å². The van der Waals surface area contributed by atoms with Crippen molar-refractivity contribution in [3.8, 4) is 0 Å². The van der Waals surface area contributed by atoms with Crippen molar-refractivity contribution in [1.29, 1.82) is 0 Å². The number of nitrogens with two attached hydrogens (primary N) is 1. The molecular weight excluding hydrogens is 216 g/mol. The molecule has 1 aliphatic carbocycles. The molecule has 1 atom stereocenters. The molecule has 1 amide bonds. The van der Waals surface area contributed by atoms with Gasteiger partial charge in [0.15, 0.2) is 0 Å². The molecule has 1 aliphatic rings. The van der Waals surface area contributed by atoms with Gasteiger partial charge in [0.05, 0.1) is 11.6 Å². The Morgan fingerprint density at radius 3 is 2.47 bits per heavy atom. The Bertz CT molecular complexity index is 258. The summed E-state index contributed by atoms with van der Waals surface area (Å²) in [5.41, 5.74) is 5.02. The monoisotopic (exact) mass is 242 g/mol. The predicted molar refractivity (Wildman–Crippen MR) is 68.4 cm³/mol. The van der Waals surface area contributed by atoms with Crippen LogP contribution in [0.5, 0.6) is 0 Å². The molecule has 0 bridgehead atoms. The first kappa shape index (κ1) is 14.5. The van der Waals surface area contributed by atoms with Gasteiger partial charge in [0.1, 0.15) is 0 Å². The number of hydrogen-bond donors (Lipinski definition) is 3. The largest absolute Gasteiger partial charge is 0.388 e. The van der Waals surface area contributed by atoms with E-state index < -0.39 is 11.6 Å². The minimum Gasteiger partial charge on any atom is -0.388 e. The summed E-state index contributed by atoms with van der Waals surface area (Å²) in [5.74, 6) is 0.645. The molecule has 1 fully saturated rings. The molecule has 0 radical (unpaired) electrons. The number of aliphatic hydroxyl groups is 1. The van der Waals surface area contributed by atoms with Gasteiger partial charge >= 0.3 is 0 Å². The summed E-state index contributed by atoms with van der Waals surface area (Å²) in [7, 11) is 0. The maximum absolute atomic E-state index is 11.7. The van der Waals surface area contributed by atoms with Crippen LogP contribution in [0.2, 0.25) is 0 Å². The summed E-state index contributed by atoms with van der Waals surface area (Å²) in [5, 5.41) is 13.1. The SMILES string of the molecule is CC1CCC(O)(CNC(=O)[C@@H](N)C(C)C)CC1. The third-order valence-electron chi connectivity index (χ3n) is 3.82. The van der Waals surface area contributed by atoms with Gasteiger partial charge in [0.2, 0.25) is 5.91 Å². The quantitative estimate of drug-likeness (QED) is 0.689. The third-order valence-corrected chi connectivity index (χ3v) is 3.82. The molecule has 1 saturated carbocycles. The second-order valence-corrected chi connectivity index (χ2v) is 5.89. The van der Waals surface area contributed by atoms with Gasteiger partial charge in [-0.2, -0.15) is 0 Å². The Kier molecular flexibility index (Phi) is 4.95. The lowest BCUT2D eigenvalue weighted by Gasteiger charge is -2.35. The fourth-order valence-corrected chi connectivity index (χ4v) is 2.15. The molecule has 0 aromatic rings. The number of carbonyl (C=O) groups excluding carboxylic acids is 1. The lowest BCUT2D eigenvalue weighted by Crippen LogP contribution is -2.50. The van der Waals surface area contributed by atoms with E-state index in [2.05, 4.69) is 12.2 Å². The van der Waals surface area contributed by atoms with E-state index in [1.807, 2.05) is 13.8 Å². The van der Waals surface area contributed by atoms with Gasteiger partial charge in [-0.1, -0.05) is 20.8 Å². The number of hydrogen-bond acceptors (Lipinski definition) is 3. The zero-order valence-electron chi connectivity index (χ0n) is 11.2. The maximum atomic E-state index is 11.7. The molecule has 17 heavy (non-hydrogen) atoms. The lowest BCUT2D eigenvalue weighted by atomic mass is 9.79. The highest BCUT2D eigenvalue weighted by atomic mass is 16.3. The van der Waals surface area contributed by atoms with Crippen molar-refractivity contribution in [2.45, 2.75) is 58.1 Å². The molecule has 0 aliphatic heterocycles. The van der Waals surface area contributed by atoms with Crippen LogP contribution in [0.3, 0.4) is 0 Å². The van der Waals surface area contributed by atoms with E-state index in [0.717, 1.165) is 25.7 Å². The Morgan fingerprint density at radius 1 is 1.47 bits per heavy atom. The standard InChI is InChI=1S/C13H26N2O2/c1-9(2)11(14)12(16)15-8-13(17)6-4-10(3)5-7-13/h9-11,17H,4-8,14H2,1-3H3,(H,15,16)/t10?,11-,13?/m0/s1. The summed E-state index contributed by atoms with van der Waals surface area (Å²) in [6, 6.07) is -0.485. The number of rotatable bonds is 4. The summed E-state index contributed by atoms with van der Waals surface area (Å²) < 4.78 is 0. The first-order chi connectivity index (χ1) is 7.84. The molecule has 4 N–H and O–H groups in total. The predicted octanol–water partition coefficient (Wildman–Crippen LogP) is 1.03. The van der Waals surface area contributed by atoms with Crippen LogP contribution < -0.4 is 11.1 Å². The van der Waals surface area contributed by atoms with Crippen molar-refractivity contribution >= 4 is 5.91 Å². The van der Waals surface area contributed by atoms with Crippen LogP contribution in [0.4, 0.5) is 0 Å². The van der Waals surface area contributed by atoms with E-state index in [-0.39, 0.29) is 11.8 Å². The number of amides is 1. The minimum absolute atomic E-state index is 0.121. The highest BCUT2D eigenvalue weighted by Crippen LogP contribution is 2.31. The summed E-state index contributed by atoms with van der Waals surface area (Å²) in [6.45, 7) is 6.37. The maximum Gasteiger partial charge on any atom is 0.237 e. The van der Waals surface area contributed by atoms with E-state index in [9.17, 15) is 9.90 Å². The zero-order chi connectivity index (χ0) is 13.1. The van der Waals surface area contributed by atoms with Crippen molar-refractivity contribution in [1.82, 2.24) is 5.32 Å². The second kappa shape index (κ2) is 5.83. The molecule has 0 heterocycles. The third kappa shape index (κ3) is 4.28. The lowest BCUT2D eigenvalue weighted by molar-refractivity contribution is -0.125. The summed E-state index contributed by atoms with van der Waals surface area (Å²) in [4.78, 5) is 11.7. The minimum atomic E-state index is -0.723. The molecule has 100 valence electrons. The van der Waals surface area contributed by atoms with Gasteiger partial charge in [-0.25, -0.2) is 0 Å². The van der Waals surface area contributed by atoms with Crippen molar-refractivity contribution < 1.29 is 9.90 Å². The molecule has 0 unspecified atom stereocenters. The van der Waals surface area contributed by atoms with Crippen molar-refractivity contribution in [3.05, 3.63) is 0 Å². The van der Waals surface area contributed by atoms with Crippen LogP contribution in [0, 0.1) is 11.8 Å². The number of carbonyl (C=O) groups is 1. The molecule has 4 heteroatoms. The summed E-state index contributed by atoms with van der Waals surface area (Å²) >= 11 is 0.